The molecule has 2 N–H and O–H groups in total. The molecule has 2 aromatic rings. The number of aryl methyl sites for hydroxylation is 2. The van der Waals surface area contributed by atoms with Gasteiger partial charge in [-0.25, -0.2) is 4.39 Å². The van der Waals surface area contributed by atoms with Gasteiger partial charge in [-0.05, 0) is 24.1 Å². The number of aliphatic imine (C=N–C) groups is 1. The van der Waals surface area contributed by atoms with E-state index in [-0.39, 0.29) is 5.82 Å². The molecule has 0 radical (unpaired) electrons. The van der Waals surface area contributed by atoms with Crippen molar-refractivity contribution < 1.29 is 8.91 Å². The zero-order valence-electron chi connectivity index (χ0n) is 16.2. The number of nitrogens with one attached hydrogen (secondary N) is 2. The van der Waals surface area contributed by atoms with E-state index in [9.17, 15) is 4.39 Å². The number of halogens is 1. The van der Waals surface area contributed by atoms with Crippen LogP contribution in [0.4, 0.5) is 10.1 Å². The van der Waals surface area contributed by atoms with Crippen molar-refractivity contribution in [2.24, 2.45) is 4.99 Å². The summed E-state index contributed by atoms with van der Waals surface area (Å²) >= 11 is 0. The van der Waals surface area contributed by atoms with E-state index in [0.717, 1.165) is 35.4 Å². The van der Waals surface area contributed by atoms with E-state index >= 15 is 0 Å². The zero-order chi connectivity index (χ0) is 19.1. The fraction of sp³-hybridized carbons (Fsp3) is 0.474. The molecule has 0 aliphatic rings. The summed E-state index contributed by atoms with van der Waals surface area (Å²) in [6.07, 6.45) is 1.62. The molecule has 0 aliphatic heterocycles. The van der Waals surface area contributed by atoms with Gasteiger partial charge in [0.2, 0.25) is 0 Å². The van der Waals surface area contributed by atoms with Crippen LogP contribution in [0.15, 0.2) is 27.7 Å². The summed E-state index contributed by atoms with van der Waals surface area (Å²) in [5, 5.41) is 10.6. The van der Waals surface area contributed by atoms with E-state index < -0.39 is 0 Å². The quantitative estimate of drug-likeness (QED) is 0.586. The number of hydrogen-bond donors (Lipinski definition) is 2. The van der Waals surface area contributed by atoms with Crippen molar-refractivity contribution in [2.75, 3.05) is 26.0 Å². The second kappa shape index (κ2) is 9.22. The average molecular weight is 361 g/mol. The smallest absolute Gasteiger partial charge is 0.191 e. The predicted octanol–water partition coefficient (Wildman–Crippen LogP) is 2.87. The molecule has 26 heavy (non-hydrogen) atoms. The number of rotatable bonds is 7. The fourth-order valence-corrected chi connectivity index (χ4v) is 2.74. The minimum Gasteiger partial charge on any atom is -0.375 e. The van der Waals surface area contributed by atoms with Crippen molar-refractivity contribution in [2.45, 2.75) is 39.8 Å². The Balaban J connectivity index is 1.96. The number of nitrogens with zero attached hydrogens (tertiary/aromatic N) is 3. The van der Waals surface area contributed by atoms with Crippen molar-refractivity contribution >= 4 is 11.6 Å². The Morgan fingerprint density at radius 2 is 1.92 bits per heavy atom. The summed E-state index contributed by atoms with van der Waals surface area (Å²) in [6, 6.07) is 5.23. The summed E-state index contributed by atoms with van der Waals surface area (Å²) in [4.78, 5) is 5.98. The maximum atomic E-state index is 14.1. The first-order valence-electron chi connectivity index (χ1n) is 8.86. The van der Waals surface area contributed by atoms with Gasteiger partial charge in [0, 0.05) is 46.2 Å². The van der Waals surface area contributed by atoms with Gasteiger partial charge in [-0.15, -0.1) is 0 Å². The topological polar surface area (TPSA) is 65.7 Å². The molecule has 0 saturated carbocycles. The molecule has 0 atom stereocenters. The van der Waals surface area contributed by atoms with Gasteiger partial charge in [-0.1, -0.05) is 25.1 Å². The molecule has 0 amide bonds. The predicted molar refractivity (Wildman–Crippen MR) is 103 cm³/mol. The van der Waals surface area contributed by atoms with Crippen LogP contribution in [0.5, 0.6) is 0 Å². The minimum atomic E-state index is -0.234. The lowest BCUT2D eigenvalue weighted by Crippen LogP contribution is -2.36. The van der Waals surface area contributed by atoms with Gasteiger partial charge in [0.1, 0.15) is 11.6 Å². The molecule has 0 fully saturated rings. The first-order valence-corrected chi connectivity index (χ1v) is 8.86. The Hall–Kier alpha value is -2.57. The molecule has 0 spiro atoms. The molecular weight excluding hydrogens is 333 g/mol. The van der Waals surface area contributed by atoms with Gasteiger partial charge in [0.25, 0.3) is 0 Å². The first-order chi connectivity index (χ1) is 12.5. The molecule has 6 nitrogen and oxygen atoms in total. The van der Waals surface area contributed by atoms with Gasteiger partial charge < -0.3 is 20.1 Å². The van der Waals surface area contributed by atoms with E-state index in [1.807, 2.05) is 27.1 Å². The molecule has 0 unspecified atom stereocenters. The van der Waals surface area contributed by atoms with Crippen LogP contribution in [0.2, 0.25) is 0 Å². The first kappa shape index (κ1) is 19.8. The third-order valence-electron chi connectivity index (χ3n) is 4.22. The monoisotopic (exact) mass is 361 g/mol. The van der Waals surface area contributed by atoms with Crippen LogP contribution in [0, 0.1) is 5.82 Å². The maximum Gasteiger partial charge on any atom is 0.191 e. The number of anilines is 1. The summed E-state index contributed by atoms with van der Waals surface area (Å²) in [5.41, 5.74) is 3.47. The van der Waals surface area contributed by atoms with E-state index in [1.54, 1.807) is 24.1 Å². The molecule has 2 rings (SSSR count). The molecule has 0 saturated heterocycles. The van der Waals surface area contributed by atoms with Gasteiger partial charge in [0.05, 0.1) is 11.4 Å². The fourth-order valence-electron chi connectivity index (χ4n) is 2.74. The van der Waals surface area contributed by atoms with Crippen LogP contribution in [-0.4, -0.2) is 32.3 Å². The summed E-state index contributed by atoms with van der Waals surface area (Å²) in [7, 11) is 5.35. The normalized spacial score (nSPS) is 11.5. The summed E-state index contributed by atoms with van der Waals surface area (Å²) < 4.78 is 19.5. The third-order valence-corrected chi connectivity index (χ3v) is 4.22. The Labute approximate surface area is 154 Å². The van der Waals surface area contributed by atoms with E-state index in [1.165, 1.54) is 0 Å². The van der Waals surface area contributed by atoms with Crippen LogP contribution in [0.3, 0.4) is 0 Å². The van der Waals surface area contributed by atoms with Crippen LogP contribution in [0.1, 0.15) is 36.4 Å². The van der Waals surface area contributed by atoms with E-state index in [2.05, 4.69) is 27.7 Å². The molecule has 7 heteroatoms. The largest absolute Gasteiger partial charge is 0.375 e. The molecule has 1 aromatic carbocycles. The highest BCUT2D eigenvalue weighted by atomic mass is 19.1. The van der Waals surface area contributed by atoms with Crippen molar-refractivity contribution in [3.8, 4) is 0 Å². The van der Waals surface area contributed by atoms with Crippen LogP contribution >= 0.6 is 0 Å². The highest BCUT2D eigenvalue weighted by Crippen LogP contribution is 2.18. The number of guanidine groups is 1. The van der Waals surface area contributed by atoms with Gasteiger partial charge in [-0.2, -0.15) is 0 Å². The molecular formula is C19H28FN5O. The Morgan fingerprint density at radius 3 is 2.50 bits per heavy atom. The average Bonchev–Trinajstić information content (AvgIpc) is 3.03. The second-order valence-corrected chi connectivity index (χ2v) is 6.20. The zero-order valence-corrected chi connectivity index (χ0v) is 16.2. The summed E-state index contributed by atoms with van der Waals surface area (Å²) in [5.74, 6) is 1.31. The maximum absolute atomic E-state index is 14.1. The molecule has 0 bridgehead atoms. The Bertz CT molecular complexity index is 733. The van der Waals surface area contributed by atoms with Crippen LogP contribution in [0.25, 0.3) is 0 Å². The van der Waals surface area contributed by atoms with Crippen molar-refractivity contribution in [3.63, 3.8) is 0 Å². The Kier molecular flexibility index (Phi) is 7.00. The molecule has 0 aliphatic carbocycles. The number of benzene rings is 1. The van der Waals surface area contributed by atoms with E-state index in [4.69, 9.17) is 4.52 Å². The molecule has 1 aromatic heterocycles. The van der Waals surface area contributed by atoms with Crippen LogP contribution in [-0.2, 0) is 25.9 Å². The van der Waals surface area contributed by atoms with Gasteiger partial charge in [0.15, 0.2) is 5.96 Å². The third kappa shape index (κ3) is 4.74. The number of hydrogen-bond acceptors (Lipinski definition) is 4. The molecule has 1 heterocycles. The highest BCUT2D eigenvalue weighted by Gasteiger charge is 2.13. The van der Waals surface area contributed by atoms with Crippen LogP contribution < -0.4 is 15.5 Å². The minimum absolute atomic E-state index is 0.234. The summed E-state index contributed by atoms with van der Waals surface area (Å²) in [6.45, 7) is 5.17. The van der Waals surface area contributed by atoms with E-state index in [0.29, 0.717) is 24.7 Å². The highest BCUT2D eigenvalue weighted by molar-refractivity contribution is 5.79. The lowest BCUT2D eigenvalue weighted by Gasteiger charge is -2.15. The SMILES string of the molecule is CCc1noc(CC)c1CNC(=NC)NCc1ccc(N(C)C)c(F)c1. The van der Waals surface area contributed by atoms with Crippen molar-refractivity contribution in [1.82, 2.24) is 15.8 Å². The second-order valence-electron chi connectivity index (χ2n) is 6.20. The standard InChI is InChI=1S/C19H28FN5O/c1-6-16-14(18(7-2)26-24-16)12-23-19(21-3)22-11-13-8-9-17(25(4)5)15(20)10-13/h8-10H,6-7,11-12H2,1-5H3,(H2,21,22,23). The number of aromatic nitrogens is 1. The van der Waals surface area contributed by atoms with Gasteiger partial charge in [-0.3, -0.25) is 4.99 Å². The lowest BCUT2D eigenvalue weighted by molar-refractivity contribution is 0.380. The Morgan fingerprint density at radius 1 is 1.19 bits per heavy atom. The molecule has 142 valence electrons. The van der Waals surface area contributed by atoms with Gasteiger partial charge >= 0.3 is 0 Å². The lowest BCUT2D eigenvalue weighted by atomic mass is 10.1. The van der Waals surface area contributed by atoms with Crippen molar-refractivity contribution in [1.29, 1.82) is 0 Å². The van der Waals surface area contributed by atoms with Crippen molar-refractivity contribution in [3.05, 3.63) is 46.6 Å².